The fourth-order valence-corrected chi connectivity index (χ4v) is 7.11. The van der Waals surface area contributed by atoms with Gasteiger partial charge in [0, 0.05) is 31.5 Å². The first-order valence-electron chi connectivity index (χ1n) is 15.6. The summed E-state index contributed by atoms with van der Waals surface area (Å²) in [7, 11) is 0. The van der Waals surface area contributed by atoms with Crippen molar-refractivity contribution in [2.75, 3.05) is 11.4 Å². The van der Waals surface area contributed by atoms with Crippen LogP contribution in [0.2, 0.25) is 0 Å². The van der Waals surface area contributed by atoms with Gasteiger partial charge in [0.05, 0.1) is 12.1 Å². The molecule has 0 bridgehead atoms. The van der Waals surface area contributed by atoms with Crippen LogP contribution < -0.4 is 4.90 Å². The number of ether oxygens (including phenoxy) is 1. The van der Waals surface area contributed by atoms with Gasteiger partial charge in [0.2, 0.25) is 11.8 Å². The van der Waals surface area contributed by atoms with Crippen molar-refractivity contribution >= 4 is 29.6 Å². The van der Waals surface area contributed by atoms with Crippen molar-refractivity contribution in [1.82, 2.24) is 9.80 Å². The molecule has 3 amide bonds. The van der Waals surface area contributed by atoms with Crippen molar-refractivity contribution in [2.45, 2.75) is 82.6 Å². The molecule has 9 heteroatoms. The van der Waals surface area contributed by atoms with Gasteiger partial charge < -0.3 is 19.6 Å². The lowest BCUT2D eigenvalue weighted by Crippen LogP contribution is -2.58. The Morgan fingerprint density at radius 3 is 2.13 bits per heavy atom. The monoisotopic (exact) mass is 609 g/mol. The number of carboxylic acid groups (broad SMARTS) is 1. The SMILES string of the molecule is CC(C)(C)OC(=O)N1c2ccccc2C[C@@H]1C(=O)N1CC[C@@H](c2ccccc2)[C@@H]1C(=O)N1Cc2ccccc2C[C@@H]1CC(=O)O. The molecule has 3 aromatic carbocycles. The summed E-state index contributed by atoms with van der Waals surface area (Å²) < 4.78 is 5.75. The molecule has 6 rings (SSSR count). The normalized spacial score (nSPS) is 22.5. The number of carbonyl (C=O) groups excluding carboxylic acids is 3. The lowest BCUT2D eigenvalue weighted by Gasteiger charge is -2.41. The molecule has 0 radical (unpaired) electrons. The van der Waals surface area contributed by atoms with Gasteiger partial charge in [0.25, 0.3) is 0 Å². The maximum absolute atomic E-state index is 14.8. The van der Waals surface area contributed by atoms with Crippen LogP contribution in [0.1, 0.15) is 61.8 Å². The van der Waals surface area contributed by atoms with E-state index in [9.17, 15) is 24.3 Å². The number of hydrogen-bond donors (Lipinski definition) is 1. The zero-order chi connectivity index (χ0) is 31.9. The zero-order valence-corrected chi connectivity index (χ0v) is 25.9. The molecular weight excluding hydrogens is 570 g/mol. The Morgan fingerprint density at radius 1 is 0.800 bits per heavy atom. The predicted octanol–water partition coefficient (Wildman–Crippen LogP) is 5.17. The number of para-hydroxylation sites is 1. The highest BCUT2D eigenvalue weighted by molar-refractivity contribution is 6.02. The lowest BCUT2D eigenvalue weighted by molar-refractivity contribution is -0.149. The van der Waals surface area contributed by atoms with Crippen LogP contribution in [-0.2, 0) is 38.5 Å². The van der Waals surface area contributed by atoms with Crippen molar-refractivity contribution in [3.63, 3.8) is 0 Å². The van der Waals surface area contributed by atoms with Crippen molar-refractivity contribution in [2.24, 2.45) is 0 Å². The summed E-state index contributed by atoms with van der Waals surface area (Å²) in [6.45, 7) is 5.96. The first kappa shape index (κ1) is 30.4. The topological polar surface area (TPSA) is 107 Å². The number of anilines is 1. The number of likely N-dealkylation sites (tertiary alicyclic amines) is 1. The molecular formula is C36H39N3O6. The summed E-state index contributed by atoms with van der Waals surface area (Å²) >= 11 is 0. The van der Waals surface area contributed by atoms with E-state index >= 15 is 0 Å². The number of amides is 3. The van der Waals surface area contributed by atoms with Crippen LogP contribution >= 0.6 is 0 Å². The number of hydrogen-bond acceptors (Lipinski definition) is 5. The smallest absolute Gasteiger partial charge is 0.415 e. The molecule has 1 saturated heterocycles. The number of carboxylic acids is 1. The van der Waals surface area contributed by atoms with E-state index in [-0.39, 0.29) is 30.7 Å². The summed E-state index contributed by atoms with van der Waals surface area (Å²) in [5.41, 5.74) is 3.66. The molecule has 0 aromatic heterocycles. The molecule has 3 aliphatic heterocycles. The van der Waals surface area contributed by atoms with Gasteiger partial charge in [-0.2, -0.15) is 0 Å². The maximum atomic E-state index is 14.8. The third-order valence-corrected chi connectivity index (χ3v) is 9.06. The Bertz CT molecular complexity index is 1620. The summed E-state index contributed by atoms with van der Waals surface area (Å²) in [5.74, 6) is -1.85. The lowest BCUT2D eigenvalue weighted by atomic mass is 9.87. The molecule has 3 aromatic rings. The number of benzene rings is 3. The molecule has 0 unspecified atom stereocenters. The first-order valence-corrected chi connectivity index (χ1v) is 15.6. The van der Waals surface area contributed by atoms with Gasteiger partial charge in [-0.25, -0.2) is 4.79 Å². The van der Waals surface area contributed by atoms with E-state index < -0.39 is 35.8 Å². The Morgan fingerprint density at radius 2 is 1.44 bits per heavy atom. The summed E-state index contributed by atoms with van der Waals surface area (Å²) in [5, 5.41) is 9.79. The second-order valence-electron chi connectivity index (χ2n) is 13.2. The van der Waals surface area contributed by atoms with E-state index in [1.807, 2.05) is 78.9 Å². The third kappa shape index (κ3) is 6.03. The van der Waals surface area contributed by atoms with Gasteiger partial charge in [-0.05, 0) is 61.9 Å². The number of rotatable bonds is 5. The number of carbonyl (C=O) groups is 4. The average Bonchev–Trinajstić information content (AvgIpc) is 3.62. The summed E-state index contributed by atoms with van der Waals surface area (Å²) in [6, 6.07) is 22.6. The van der Waals surface area contributed by atoms with Gasteiger partial charge in [0.15, 0.2) is 0 Å². The van der Waals surface area contributed by atoms with Gasteiger partial charge in [0.1, 0.15) is 17.7 Å². The van der Waals surface area contributed by atoms with E-state index in [4.69, 9.17) is 4.74 Å². The minimum Gasteiger partial charge on any atom is -0.481 e. The molecule has 0 aliphatic carbocycles. The Kier molecular flexibility index (Phi) is 8.12. The molecule has 45 heavy (non-hydrogen) atoms. The van der Waals surface area contributed by atoms with Crippen LogP contribution in [0.3, 0.4) is 0 Å². The first-order chi connectivity index (χ1) is 21.5. The predicted molar refractivity (Wildman–Crippen MR) is 169 cm³/mol. The van der Waals surface area contributed by atoms with Gasteiger partial charge >= 0.3 is 12.1 Å². The zero-order valence-electron chi connectivity index (χ0n) is 25.9. The molecule has 9 nitrogen and oxygen atoms in total. The van der Waals surface area contributed by atoms with Crippen LogP contribution in [0, 0.1) is 0 Å². The minimum atomic E-state index is -0.979. The van der Waals surface area contributed by atoms with E-state index in [2.05, 4.69) is 0 Å². The molecule has 4 atom stereocenters. The molecule has 1 N–H and O–H groups in total. The van der Waals surface area contributed by atoms with Crippen LogP contribution in [0.5, 0.6) is 0 Å². The van der Waals surface area contributed by atoms with Crippen molar-refractivity contribution in [1.29, 1.82) is 0 Å². The van der Waals surface area contributed by atoms with Crippen molar-refractivity contribution in [3.8, 4) is 0 Å². The highest BCUT2D eigenvalue weighted by atomic mass is 16.6. The highest BCUT2D eigenvalue weighted by Crippen LogP contribution is 2.40. The second-order valence-corrected chi connectivity index (χ2v) is 13.2. The highest BCUT2D eigenvalue weighted by Gasteiger charge is 2.50. The second kappa shape index (κ2) is 12.0. The van der Waals surface area contributed by atoms with Gasteiger partial charge in [-0.1, -0.05) is 72.8 Å². The standard InChI is InChI=1S/C36H39N3O6/c1-36(2,3)45-35(44)39-29-16-10-9-14-25(29)20-30(39)33(42)37-18-17-28(23-11-5-4-6-12-23)32(37)34(43)38-22-26-15-8-7-13-24(26)19-27(38)21-31(40)41/h4-16,27-28,30,32H,17-22H2,1-3H3,(H,40,41)/t27-,28+,30-,32-/m1/s1. The average molecular weight is 610 g/mol. The van der Waals surface area contributed by atoms with Crippen LogP contribution in [0.15, 0.2) is 78.9 Å². The fourth-order valence-electron chi connectivity index (χ4n) is 7.11. The Labute approximate surface area is 263 Å². The van der Waals surface area contributed by atoms with E-state index in [0.29, 0.717) is 31.5 Å². The van der Waals surface area contributed by atoms with Gasteiger partial charge in [-0.15, -0.1) is 0 Å². The fraction of sp³-hybridized carbons (Fsp3) is 0.389. The van der Waals surface area contributed by atoms with Crippen LogP contribution in [-0.4, -0.2) is 69.1 Å². The summed E-state index contributed by atoms with van der Waals surface area (Å²) in [6.07, 6.45) is 0.491. The number of aliphatic carboxylic acids is 1. The van der Waals surface area contributed by atoms with E-state index in [0.717, 1.165) is 22.3 Å². The molecule has 1 fully saturated rings. The van der Waals surface area contributed by atoms with Crippen molar-refractivity contribution < 1.29 is 29.0 Å². The van der Waals surface area contributed by atoms with E-state index in [1.165, 1.54) is 4.90 Å². The summed E-state index contributed by atoms with van der Waals surface area (Å²) in [4.78, 5) is 59.7. The third-order valence-electron chi connectivity index (χ3n) is 9.06. The molecule has 234 valence electrons. The number of nitrogens with zero attached hydrogens (tertiary/aromatic N) is 3. The molecule has 3 heterocycles. The van der Waals surface area contributed by atoms with Crippen molar-refractivity contribution in [3.05, 3.63) is 101 Å². The van der Waals surface area contributed by atoms with Crippen LogP contribution in [0.4, 0.5) is 10.5 Å². The largest absolute Gasteiger partial charge is 0.481 e. The van der Waals surface area contributed by atoms with Gasteiger partial charge in [-0.3, -0.25) is 19.3 Å². The quantitative estimate of drug-likeness (QED) is 0.428. The number of fused-ring (bicyclic) bond motifs is 2. The van der Waals surface area contributed by atoms with Crippen LogP contribution in [0.25, 0.3) is 0 Å². The molecule has 0 saturated carbocycles. The molecule has 3 aliphatic rings. The Hall–Kier alpha value is -4.66. The molecule has 0 spiro atoms. The Balaban J connectivity index is 1.37. The maximum Gasteiger partial charge on any atom is 0.415 e. The minimum absolute atomic E-state index is 0.193. The van der Waals surface area contributed by atoms with E-state index in [1.54, 1.807) is 30.6 Å².